The molecule has 3 atom stereocenters. The molecule has 17 heavy (non-hydrogen) atoms. The molecular weight excluding hydrogens is 224 g/mol. The minimum Gasteiger partial charge on any atom is -0.480 e. The van der Waals surface area contributed by atoms with Crippen LogP contribution in [0.4, 0.5) is 0 Å². The molecule has 2 heterocycles. The van der Waals surface area contributed by atoms with E-state index < -0.39 is 18.1 Å². The zero-order chi connectivity index (χ0) is 12.4. The zero-order valence-electron chi connectivity index (χ0n) is 9.63. The highest BCUT2D eigenvalue weighted by Crippen LogP contribution is 2.23. The normalized spacial score (nSPS) is 33.7. The third kappa shape index (κ3) is 2.58. The number of piperidine rings is 1. The van der Waals surface area contributed by atoms with Gasteiger partial charge in [-0.3, -0.25) is 4.79 Å². The number of rotatable bonds is 2. The van der Waals surface area contributed by atoms with Gasteiger partial charge in [0.15, 0.2) is 0 Å². The molecule has 2 aliphatic heterocycles. The summed E-state index contributed by atoms with van der Waals surface area (Å²) in [5, 5.41) is 21.7. The minimum absolute atomic E-state index is 0.138. The van der Waals surface area contributed by atoms with Crippen LogP contribution in [0.2, 0.25) is 0 Å². The first-order chi connectivity index (χ1) is 8.09. The molecule has 0 aromatic heterocycles. The Morgan fingerprint density at radius 2 is 2.12 bits per heavy atom. The maximum atomic E-state index is 12.2. The number of carboxylic acid groups (broad SMARTS) is 1. The van der Waals surface area contributed by atoms with Crippen molar-refractivity contribution in [2.24, 2.45) is 5.92 Å². The van der Waals surface area contributed by atoms with Crippen LogP contribution >= 0.6 is 0 Å². The van der Waals surface area contributed by atoms with Crippen LogP contribution in [-0.4, -0.2) is 58.8 Å². The van der Waals surface area contributed by atoms with E-state index in [0.29, 0.717) is 6.54 Å². The molecule has 0 aliphatic carbocycles. The van der Waals surface area contributed by atoms with Gasteiger partial charge in [-0.05, 0) is 19.4 Å². The topological polar surface area (TPSA) is 89.9 Å². The third-order valence-corrected chi connectivity index (χ3v) is 3.49. The van der Waals surface area contributed by atoms with Crippen LogP contribution < -0.4 is 5.32 Å². The lowest BCUT2D eigenvalue weighted by Gasteiger charge is -2.29. The quantitative estimate of drug-likeness (QED) is 0.580. The molecule has 1 amide bonds. The van der Waals surface area contributed by atoms with Crippen LogP contribution in [0, 0.1) is 5.92 Å². The predicted octanol–water partition coefficient (Wildman–Crippen LogP) is -0.968. The van der Waals surface area contributed by atoms with E-state index >= 15 is 0 Å². The second-order valence-corrected chi connectivity index (χ2v) is 4.78. The molecule has 0 radical (unpaired) electrons. The van der Waals surface area contributed by atoms with Gasteiger partial charge in [0.25, 0.3) is 0 Å². The van der Waals surface area contributed by atoms with Gasteiger partial charge >= 0.3 is 5.97 Å². The van der Waals surface area contributed by atoms with Crippen molar-refractivity contribution in [1.82, 2.24) is 10.2 Å². The number of aliphatic hydroxyl groups excluding tert-OH is 1. The van der Waals surface area contributed by atoms with Gasteiger partial charge < -0.3 is 20.4 Å². The second-order valence-electron chi connectivity index (χ2n) is 4.78. The lowest BCUT2D eigenvalue weighted by atomic mass is 9.98. The molecule has 2 rings (SSSR count). The van der Waals surface area contributed by atoms with Gasteiger partial charge in [-0.1, -0.05) is 0 Å². The van der Waals surface area contributed by atoms with Crippen LogP contribution in [0.25, 0.3) is 0 Å². The molecule has 96 valence electrons. The van der Waals surface area contributed by atoms with Crippen LogP contribution in [-0.2, 0) is 9.59 Å². The summed E-state index contributed by atoms with van der Waals surface area (Å²) >= 11 is 0. The number of carbonyl (C=O) groups is 2. The maximum Gasteiger partial charge on any atom is 0.326 e. The Kier molecular flexibility index (Phi) is 3.63. The van der Waals surface area contributed by atoms with Crippen molar-refractivity contribution in [3.8, 4) is 0 Å². The third-order valence-electron chi connectivity index (χ3n) is 3.49. The van der Waals surface area contributed by atoms with E-state index in [1.54, 1.807) is 0 Å². The SMILES string of the molecule is O=C(O)[C@@H]1CC(O)CN1C(=O)[C@@H]1CCCNC1. The first kappa shape index (κ1) is 12.3. The van der Waals surface area contributed by atoms with E-state index in [9.17, 15) is 14.7 Å². The van der Waals surface area contributed by atoms with E-state index in [-0.39, 0.29) is 24.8 Å². The van der Waals surface area contributed by atoms with Gasteiger partial charge in [0, 0.05) is 19.5 Å². The lowest BCUT2D eigenvalue weighted by Crippen LogP contribution is -2.47. The maximum absolute atomic E-state index is 12.2. The molecule has 1 unspecified atom stereocenters. The zero-order valence-corrected chi connectivity index (χ0v) is 9.63. The molecule has 0 saturated carbocycles. The van der Waals surface area contributed by atoms with Crippen molar-refractivity contribution >= 4 is 11.9 Å². The number of aliphatic hydroxyl groups is 1. The number of aliphatic carboxylic acids is 1. The van der Waals surface area contributed by atoms with E-state index in [1.807, 2.05) is 0 Å². The van der Waals surface area contributed by atoms with E-state index in [4.69, 9.17) is 5.11 Å². The summed E-state index contributed by atoms with van der Waals surface area (Å²) in [6, 6.07) is -0.862. The summed E-state index contributed by atoms with van der Waals surface area (Å²) in [6.45, 7) is 1.67. The summed E-state index contributed by atoms with van der Waals surface area (Å²) in [5.74, 6) is -1.31. The summed E-state index contributed by atoms with van der Waals surface area (Å²) in [6.07, 6.45) is 1.16. The Bertz CT molecular complexity index is 315. The summed E-state index contributed by atoms with van der Waals surface area (Å²) in [7, 11) is 0. The van der Waals surface area contributed by atoms with Crippen LogP contribution in [0.5, 0.6) is 0 Å². The molecule has 2 fully saturated rings. The highest BCUT2D eigenvalue weighted by Gasteiger charge is 2.41. The Labute approximate surface area is 99.6 Å². The number of likely N-dealkylation sites (tertiary alicyclic amines) is 1. The number of carbonyl (C=O) groups excluding carboxylic acids is 1. The smallest absolute Gasteiger partial charge is 0.326 e. The van der Waals surface area contributed by atoms with Crippen molar-refractivity contribution < 1.29 is 19.8 Å². The number of hydrogen-bond donors (Lipinski definition) is 3. The molecule has 3 N–H and O–H groups in total. The van der Waals surface area contributed by atoms with Crippen molar-refractivity contribution in [2.75, 3.05) is 19.6 Å². The molecule has 0 bridgehead atoms. The second kappa shape index (κ2) is 5.01. The standard InChI is InChI=1S/C11H18N2O4/c14-8-4-9(11(16)17)13(6-8)10(15)7-2-1-3-12-5-7/h7-9,12,14H,1-6H2,(H,16,17)/t7-,8?,9+/m1/s1. The number of nitrogens with one attached hydrogen (secondary N) is 1. The highest BCUT2D eigenvalue weighted by molar-refractivity contribution is 5.86. The Morgan fingerprint density at radius 1 is 1.35 bits per heavy atom. The molecular formula is C11H18N2O4. The van der Waals surface area contributed by atoms with E-state index in [0.717, 1.165) is 19.4 Å². The number of hydrogen-bond acceptors (Lipinski definition) is 4. The number of nitrogens with zero attached hydrogens (tertiary/aromatic N) is 1. The van der Waals surface area contributed by atoms with Crippen LogP contribution in [0.3, 0.4) is 0 Å². The highest BCUT2D eigenvalue weighted by atomic mass is 16.4. The fraction of sp³-hybridized carbons (Fsp3) is 0.818. The first-order valence-corrected chi connectivity index (χ1v) is 6.01. The molecule has 6 nitrogen and oxygen atoms in total. The fourth-order valence-electron chi connectivity index (χ4n) is 2.59. The van der Waals surface area contributed by atoms with Crippen molar-refractivity contribution in [2.45, 2.75) is 31.4 Å². The van der Waals surface area contributed by atoms with Crippen LogP contribution in [0.1, 0.15) is 19.3 Å². The van der Waals surface area contributed by atoms with Crippen molar-refractivity contribution in [3.63, 3.8) is 0 Å². The van der Waals surface area contributed by atoms with Crippen molar-refractivity contribution in [1.29, 1.82) is 0 Å². The van der Waals surface area contributed by atoms with Gasteiger partial charge in [0.05, 0.1) is 12.0 Å². The Hall–Kier alpha value is -1.14. The Balaban J connectivity index is 2.04. The first-order valence-electron chi connectivity index (χ1n) is 6.01. The van der Waals surface area contributed by atoms with Gasteiger partial charge in [-0.25, -0.2) is 4.79 Å². The number of carboxylic acids is 1. The Morgan fingerprint density at radius 3 is 2.71 bits per heavy atom. The average molecular weight is 242 g/mol. The molecule has 0 aromatic rings. The summed E-state index contributed by atoms with van der Waals surface area (Å²) in [4.78, 5) is 24.5. The lowest BCUT2D eigenvalue weighted by molar-refractivity contribution is -0.150. The fourth-order valence-corrected chi connectivity index (χ4v) is 2.59. The number of amides is 1. The van der Waals surface area contributed by atoms with Crippen LogP contribution in [0.15, 0.2) is 0 Å². The largest absolute Gasteiger partial charge is 0.480 e. The molecule has 2 saturated heterocycles. The van der Waals surface area contributed by atoms with Gasteiger partial charge in [0.2, 0.25) is 5.91 Å². The number of β-amino-alcohol motifs (C(OH)–C–C–N with tert-alkyl or cyclic N) is 1. The van der Waals surface area contributed by atoms with E-state index in [2.05, 4.69) is 5.32 Å². The molecule has 0 spiro atoms. The molecule has 0 aromatic carbocycles. The minimum atomic E-state index is -1.03. The van der Waals surface area contributed by atoms with Gasteiger partial charge in [-0.2, -0.15) is 0 Å². The monoisotopic (exact) mass is 242 g/mol. The molecule has 6 heteroatoms. The van der Waals surface area contributed by atoms with Gasteiger partial charge in [-0.15, -0.1) is 0 Å². The van der Waals surface area contributed by atoms with E-state index in [1.165, 1.54) is 4.90 Å². The van der Waals surface area contributed by atoms with Gasteiger partial charge in [0.1, 0.15) is 6.04 Å². The predicted molar refractivity (Wildman–Crippen MR) is 59.4 cm³/mol. The summed E-state index contributed by atoms with van der Waals surface area (Å²) in [5.41, 5.74) is 0. The average Bonchev–Trinajstić information content (AvgIpc) is 2.72. The molecule has 2 aliphatic rings. The summed E-state index contributed by atoms with van der Waals surface area (Å²) < 4.78 is 0. The van der Waals surface area contributed by atoms with Crippen molar-refractivity contribution in [3.05, 3.63) is 0 Å².